The molecule has 1 saturated carbocycles. The van der Waals surface area contributed by atoms with E-state index in [0.29, 0.717) is 36.9 Å². The Morgan fingerprint density at radius 1 is 1.13 bits per heavy atom. The molecule has 6 nitrogen and oxygen atoms in total. The molecule has 0 bridgehead atoms. The quantitative estimate of drug-likeness (QED) is 0.486. The molecule has 0 spiro atoms. The number of nitrogens with zero attached hydrogens (tertiary/aromatic N) is 3. The lowest BCUT2D eigenvalue weighted by Crippen LogP contribution is -2.50. The van der Waals surface area contributed by atoms with Gasteiger partial charge in [-0.2, -0.15) is 0 Å². The molecule has 1 saturated heterocycles. The summed E-state index contributed by atoms with van der Waals surface area (Å²) >= 11 is 0. The van der Waals surface area contributed by atoms with Crippen molar-refractivity contribution in [1.82, 2.24) is 20.4 Å². The Hall–Kier alpha value is -2.22. The third-order valence-corrected chi connectivity index (χ3v) is 6.11. The van der Waals surface area contributed by atoms with Gasteiger partial charge in [0.25, 0.3) is 0 Å². The summed E-state index contributed by atoms with van der Waals surface area (Å²) in [6, 6.07) is 3.52. The zero-order valence-corrected chi connectivity index (χ0v) is 18.5. The van der Waals surface area contributed by atoms with E-state index in [9.17, 15) is 13.6 Å². The summed E-state index contributed by atoms with van der Waals surface area (Å²) in [4.78, 5) is 21.5. The van der Waals surface area contributed by atoms with Gasteiger partial charge in [-0.25, -0.2) is 8.78 Å². The van der Waals surface area contributed by atoms with E-state index in [1.165, 1.54) is 18.9 Å². The summed E-state index contributed by atoms with van der Waals surface area (Å²) in [6.07, 6.45) is 4.87. The minimum Gasteiger partial charge on any atom is -0.357 e. The number of carbonyl (C=O) groups is 1. The predicted molar refractivity (Wildman–Crippen MR) is 119 cm³/mol. The van der Waals surface area contributed by atoms with Crippen molar-refractivity contribution in [1.29, 1.82) is 0 Å². The minimum absolute atomic E-state index is 0.255. The Labute approximate surface area is 184 Å². The molecule has 2 N–H and O–H groups in total. The number of nitrogens with one attached hydrogen (secondary N) is 2. The van der Waals surface area contributed by atoms with Crippen LogP contribution in [0, 0.1) is 17.6 Å². The topological polar surface area (TPSA) is 60.0 Å². The van der Waals surface area contributed by atoms with E-state index < -0.39 is 11.6 Å². The van der Waals surface area contributed by atoms with Gasteiger partial charge in [0.05, 0.1) is 6.54 Å². The van der Waals surface area contributed by atoms with Gasteiger partial charge in [-0.3, -0.25) is 14.7 Å². The number of hydrogen-bond acceptors (Lipinski definition) is 3. The molecule has 2 fully saturated rings. The van der Waals surface area contributed by atoms with Gasteiger partial charge >= 0.3 is 0 Å². The molecule has 3 rings (SSSR count). The van der Waals surface area contributed by atoms with E-state index in [1.807, 2.05) is 11.8 Å². The molecule has 0 unspecified atom stereocenters. The van der Waals surface area contributed by atoms with Crippen molar-refractivity contribution < 1.29 is 13.6 Å². The van der Waals surface area contributed by atoms with E-state index >= 15 is 0 Å². The summed E-state index contributed by atoms with van der Waals surface area (Å²) < 4.78 is 27.0. The molecule has 0 radical (unpaired) electrons. The Bertz CT molecular complexity index is 743. The number of rotatable bonds is 8. The smallest absolute Gasteiger partial charge is 0.225 e. The highest BCUT2D eigenvalue weighted by molar-refractivity contribution is 5.80. The van der Waals surface area contributed by atoms with Gasteiger partial charge in [-0.1, -0.05) is 12.8 Å². The van der Waals surface area contributed by atoms with Crippen LogP contribution < -0.4 is 10.6 Å². The zero-order valence-electron chi connectivity index (χ0n) is 18.5. The highest BCUT2D eigenvalue weighted by Gasteiger charge is 2.29. The largest absolute Gasteiger partial charge is 0.357 e. The van der Waals surface area contributed by atoms with Gasteiger partial charge < -0.3 is 15.5 Å². The number of amides is 1. The highest BCUT2D eigenvalue weighted by Crippen LogP contribution is 2.26. The summed E-state index contributed by atoms with van der Waals surface area (Å²) in [7, 11) is 0. The van der Waals surface area contributed by atoms with E-state index in [-0.39, 0.29) is 5.92 Å². The van der Waals surface area contributed by atoms with Gasteiger partial charge in [0.2, 0.25) is 5.91 Å². The molecule has 1 aliphatic carbocycles. The van der Waals surface area contributed by atoms with Gasteiger partial charge in [0, 0.05) is 51.7 Å². The average Bonchev–Trinajstić information content (AvgIpc) is 3.31. The number of guanidine groups is 1. The Balaban J connectivity index is 1.38. The maximum Gasteiger partial charge on any atom is 0.225 e. The molecule has 31 heavy (non-hydrogen) atoms. The molecule has 1 aliphatic heterocycles. The first-order chi connectivity index (χ1) is 15.1. The van der Waals surface area contributed by atoms with E-state index in [0.717, 1.165) is 64.2 Å². The Morgan fingerprint density at radius 2 is 1.87 bits per heavy atom. The number of halogens is 2. The van der Waals surface area contributed by atoms with Crippen LogP contribution in [-0.2, 0) is 11.2 Å². The lowest BCUT2D eigenvalue weighted by Gasteiger charge is -2.35. The van der Waals surface area contributed by atoms with Crippen molar-refractivity contribution in [3.63, 3.8) is 0 Å². The third kappa shape index (κ3) is 7.16. The molecule has 1 amide bonds. The Morgan fingerprint density at radius 3 is 2.58 bits per heavy atom. The van der Waals surface area contributed by atoms with Crippen LogP contribution >= 0.6 is 0 Å². The predicted octanol–water partition coefficient (Wildman–Crippen LogP) is 2.40. The maximum atomic E-state index is 13.7. The standard InChI is InChI=1S/C23H35F2N5O/c1-2-26-23(27-10-9-19-17-20(24)7-8-21(19)25)28-11-12-29-13-15-30(16-14-29)22(31)18-5-3-4-6-18/h7-8,17-18H,2-6,9-16H2,1H3,(H2,26,27,28). The van der Waals surface area contributed by atoms with E-state index in [4.69, 9.17) is 0 Å². The van der Waals surface area contributed by atoms with Crippen molar-refractivity contribution >= 4 is 11.9 Å². The van der Waals surface area contributed by atoms with Crippen LogP contribution in [-0.4, -0.2) is 74.0 Å². The maximum absolute atomic E-state index is 13.7. The molecule has 0 aromatic heterocycles. The Kier molecular flexibility index (Phi) is 9.06. The van der Waals surface area contributed by atoms with Gasteiger partial charge in [0.1, 0.15) is 11.6 Å². The number of aliphatic imine (C=N–C) groups is 1. The van der Waals surface area contributed by atoms with Gasteiger partial charge in [0.15, 0.2) is 5.96 Å². The van der Waals surface area contributed by atoms with Crippen LogP contribution in [0.2, 0.25) is 0 Å². The summed E-state index contributed by atoms with van der Waals surface area (Å²) in [5.41, 5.74) is 0.355. The van der Waals surface area contributed by atoms with Crippen molar-refractivity contribution in [2.24, 2.45) is 10.9 Å². The molecule has 1 heterocycles. The van der Waals surface area contributed by atoms with Crippen LogP contribution in [0.5, 0.6) is 0 Å². The molecular weight excluding hydrogens is 400 g/mol. The summed E-state index contributed by atoms with van der Waals surface area (Å²) in [5, 5.41) is 6.37. The molecular formula is C23H35F2N5O. The molecule has 172 valence electrons. The SMILES string of the molecule is CCNC(=NCCN1CCN(C(=O)C2CCCC2)CC1)NCCc1cc(F)ccc1F. The first-order valence-corrected chi connectivity index (χ1v) is 11.5. The second-order valence-corrected chi connectivity index (χ2v) is 8.32. The van der Waals surface area contributed by atoms with Crippen molar-refractivity contribution in [3.8, 4) is 0 Å². The number of piperazine rings is 1. The van der Waals surface area contributed by atoms with Crippen LogP contribution in [0.3, 0.4) is 0 Å². The monoisotopic (exact) mass is 435 g/mol. The second kappa shape index (κ2) is 12.0. The first kappa shape index (κ1) is 23.4. The highest BCUT2D eigenvalue weighted by atomic mass is 19.1. The van der Waals surface area contributed by atoms with Crippen molar-refractivity contribution in [2.45, 2.75) is 39.0 Å². The van der Waals surface area contributed by atoms with E-state index in [1.54, 1.807) is 0 Å². The molecule has 0 atom stereocenters. The van der Waals surface area contributed by atoms with Gasteiger partial charge in [-0.15, -0.1) is 0 Å². The molecule has 8 heteroatoms. The second-order valence-electron chi connectivity index (χ2n) is 8.32. The van der Waals surface area contributed by atoms with Crippen LogP contribution in [0.15, 0.2) is 23.2 Å². The van der Waals surface area contributed by atoms with E-state index in [2.05, 4.69) is 20.5 Å². The molecule has 2 aliphatic rings. The fourth-order valence-corrected chi connectivity index (χ4v) is 4.32. The van der Waals surface area contributed by atoms with Crippen molar-refractivity contribution in [2.75, 3.05) is 52.4 Å². The molecule has 1 aromatic rings. The number of hydrogen-bond donors (Lipinski definition) is 2. The average molecular weight is 436 g/mol. The minimum atomic E-state index is -0.429. The number of benzene rings is 1. The summed E-state index contributed by atoms with van der Waals surface area (Å²) in [5.74, 6) is 0.460. The van der Waals surface area contributed by atoms with Crippen LogP contribution in [0.1, 0.15) is 38.2 Å². The third-order valence-electron chi connectivity index (χ3n) is 6.11. The lowest BCUT2D eigenvalue weighted by atomic mass is 10.1. The van der Waals surface area contributed by atoms with Gasteiger partial charge in [-0.05, 0) is 49.9 Å². The van der Waals surface area contributed by atoms with Crippen LogP contribution in [0.4, 0.5) is 8.78 Å². The van der Waals surface area contributed by atoms with Crippen molar-refractivity contribution in [3.05, 3.63) is 35.4 Å². The fourth-order valence-electron chi connectivity index (χ4n) is 4.32. The molecule has 1 aromatic carbocycles. The lowest BCUT2D eigenvalue weighted by molar-refractivity contribution is -0.137. The zero-order chi connectivity index (χ0) is 22.1. The normalized spacial score (nSPS) is 18.4. The fraction of sp³-hybridized carbons (Fsp3) is 0.652. The first-order valence-electron chi connectivity index (χ1n) is 11.5. The summed E-state index contributed by atoms with van der Waals surface area (Å²) in [6.45, 7) is 8.03. The number of carbonyl (C=O) groups excluding carboxylic acids is 1. The van der Waals surface area contributed by atoms with Crippen LogP contribution in [0.25, 0.3) is 0 Å².